The molecule has 0 unspecified atom stereocenters. The number of anilines is 1. The van der Waals surface area contributed by atoms with Crippen molar-refractivity contribution in [1.82, 2.24) is 4.90 Å². The van der Waals surface area contributed by atoms with Crippen molar-refractivity contribution in [2.75, 3.05) is 31.1 Å². The summed E-state index contributed by atoms with van der Waals surface area (Å²) in [5.74, 6) is 0. The highest BCUT2D eigenvalue weighted by Crippen LogP contribution is 2.32. The zero-order valence-corrected chi connectivity index (χ0v) is 14.3. The fourth-order valence-corrected chi connectivity index (χ4v) is 2.49. The summed E-state index contributed by atoms with van der Waals surface area (Å²) in [6, 6.07) is 3.44. The first-order chi connectivity index (χ1) is 11.6. The Labute approximate surface area is 144 Å². The van der Waals surface area contributed by atoms with E-state index >= 15 is 0 Å². The molecule has 0 aromatic heterocycles. The number of rotatable bonds is 3. The minimum Gasteiger partial charge on any atom is -0.444 e. The molecule has 10 nitrogen and oxygen atoms in total. The van der Waals surface area contributed by atoms with E-state index in [9.17, 15) is 25.0 Å². The quantitative estimate of drug-likeness (QED) is 0.605. The number of benzene rings is 1. The molecule has 0 radical (unpaired) electrons. The van der Waals surface area contributed by atoms with Gasteiger partial charge in [0.15, 0.2) is 0 Å². The molecule has 1 aromatic carbocycles. The standard InChI is InChI=1S/C15H20N4O6/c1-15(2,3)25-14(20)17-8-6-16(7-9-17)13-10-11(18(21)22)4-5-12(13)19(23)24/h4-5,10H,6-9H2,1-3H3. The van der Waals surface area contributed by atoms with Gasteiger partial charge in [-0.15, -0.1) is 0 Å². The molecule has 1 aliphatic rings. The van der Waals surface area contributed by atoms with Gasteiger partial charge in [-0.1, -0.05) is 0 Å². The molecular weight excluding hydrogens is 332 g/mol. The van der Waals surface area contributed by atoms with Gasteiger partial charge in [0.1, 0.15) is 11.3 Å². The minimum absolute atomic E-state index is 0.183. The molecule has 10 heteroatoms. The number of carbonyl (C=O) groups excluding carboxylic acids is 1. The molecule has 0 spiro atoms. The largest absolute Gasteiger partial charge is 0.444 e. The topological polar surface area (TPSA) is 119 Å². The molecule has 136 valence electrons. The van der Waals surface area contributed by atoms with E-state index in [4.69, 9.17) is 4.74 Å². The Morgan fingerprint density at radius 2 is 1.68 bits per heavy atom. The van der Waals surface area contributed by atoms with Gasteiger partial charge in [-0.25, -0.2) is 4.79 Å². The first-order valence-corrected chi connectivity index (χ1v) is 7.74. The smallest absolute Gasteiger partial charge is 0.410 e. The van der Waals surface area contributed by atoms with E-state index in [-0.39, 0.29) is 17.1 Å². The van der Waals surface area contributed by atoms with Crippen LogP contribution in [0.1, 0.15) is 20.8 Å². The summed E-state index contributed by atoms with van der Waals surface area (Å²) in [6.07, 6.45) is -0.444. The van der Waals surface area contributed by atoms with Gasteiger partial charge in [0.2, 0.25) is 0 Å². The maximum absolute atomic E-state index is 12.1. The van der Waals surface area contributed by atoms with Gasteiger partial charge in [-0.05, 0) is 20.8 Å². The van der Waals surface area contributed by atoms with Crippen molar-refractivity contribution >= 4 is 23.2 Å². The third-order valence-corrected chi connectivity index (χ3v) is 3.64. The number of carbonyl (C=O) groups is 1. The van der Waals surface area contributed by atoms with Crippen LogP contribution in [0.3, 0.4) is 0 Å². The van der Waals surface area contributed by atoms with Gasteiger partial charge >= 0.3 is 6.09 Å². The molecule has 1 saturated heterocycles. The Bertz CT molecular complexity index is 692. The van der Waals surface area contributed by atoms with Crippen LogP contribution in [0.4, 0.5) is 21.9 Å². The van der Waals surface area contributed by atoms with Gasteiger partial charge in [0, 0.05) is 44.4 Å². The number of amides is 1. The van der Waals surface area contributed by atoms with Crippen LogP contribution in [0.2, 0.25) is 0 Å². The third-order valence-electron chi connectivity index (χ3n) is 3.64. The van der Waals surface area contributed by atoms with Crippen LogP contribution in [-0.2, 0) is 4.74 Å². The van der Waals surface area contributed by atoms with E-state index in [0.717, 1.165) is 12.1 Å². The average Bonchev–Trinajstić information content (AvgIpc) is 2.52. The Balaban J connectivity index is 2.14. The van der Waals surface area contributed by atoms with Crippen LogP contribution in [-0.4, -0.2) is 52.6 Å². The first kappa shape index (κ1) is 18.4. The van der Waals surface area contributed by atoms with Crippen molar-refractivity contribution in [2.45, 2.75) is 26.4 Å². The van der Waals surface area contributed by atoms with Gasteiger partial charge < -0.3 is 14.5 Å². The second-order valence-electron chi connectivity index (χ2n) is 6.64. The van der Waals surface area contributed by atoms with E-state index in [0.29, 0.717) is 26.2 Å². The molecule has 1 fully saturated rings. The van der Waals surface area contributed by atoms with E-state index < -0.39 is 21.5 Å². The summed E-state index contributed by atoms with van der Waals surface area (Å²) >= 11 is 0. The summed E-state index contributed by atoms with van der Waals surface area (Å²) in [6.45, 7) is 6.58. The van der Waals surface area contributed by atoms with Crippen molar-refractivity contribution in [1.29, 1.82) is 0 Å². The van der Waals surface area contributed by atoms with Crippen LogP contribution in [0.15, 0.2) is 18.2 Å². The molecule has 0 aliphatic carbocycles. The van der Waals surface area contributed by atoms with E-state index in [1.165, 1.54) is 11.0 Å². The van der Waals surface area contributed by atoms with Crippen molar-refractivity contribution in [3.05, 3.63) is 38.4 Å². The van der Waals surface area contributed by atoms with Gasteiger partial charge in [0.05, 0.1) is 9.85 Å². The molecule has 1 aromatic rings. The normalized spacial score (nSPS) is 15.0. The van der Waals surface area contributed by atoms with Crippen molar-refractivity contribution in [2.24, 2.45) is 0 Å². The molecule has 0 atom stereocenters. The lowest BCUT2D eigenvalue weighted by Gasteiger charge is -2.36. The maximum Gasteiger partial charge on any atom is 0.410 e. The van der Waals surface area contributed by atoms with Crippen LogP contribution in [0.5, 0.6) is 0 Å². The Hall–Kier alpha value is -2.91. The predicted octanol–water partition coefficient (Wildman–Crippen LogP) is 2.56. The summed E-state index contributed by atoms with van der Waals surface area (Å²) < 4.78 is 5.30. The number of nitrogens with zero attached hydrogens (tertiary/aromatic N) is 4. The summed E-state index contributed by atoms with van der Waals surface area (Å²) in [7, 11) is 0. The van der Waals surface area contributed by atoms with Crippen LogP contribution in [0.25, 0.3) is 0 Å². The number of nitro benzene ring substituents is 2. The zero-order chi connectivity index (χ0) is 18.8. The van der Waals surface area contributed by atoms with Gasteiger partial charge in [-0.2, -0.15) is 0 Å². The van der Waals surface area contributed by atoms with E-state index in [2.05, 4.69) is 0 Å². The molecule has 1 aliphatic heterocycles. The van der Waals surface area contributed by atoms with Crippen molar-refractivity contribution in [3.63, 3.8) is 0 Å². The predicted molar refractivity (Wildman–Crippen MR) is 89.8 cm³/mol. The fourth-order valence-electron chi connectivity index (χ4n) is 2.49. The Morgan fingerprint density at radius 3 is 2.16 bits per heavy atom. The lowest BCUT2D eigenvalue weighted by atomic mass is 10.2. The van der Waals surface area contributed by atoms with Crippen LogP contribution in [0, 0.1) is 20.2 Å². The maximum atomic E-state index is 12.1. The number of ether oxygens (including phenoxy) is 1. The second kappa shape index (κ2) is 6.91. The SMILES string of the molecule is CC(C)(C)OC(=O)N1CCN(c2cc([N+](=O)[O-])ccc2[N+](=O)[O-])CC1. The minimum atomic E-state index is -0.604. The van der Waals surface area contributed by atoms with Gasteiger partial charge in [0.25, 0.3) is 11.4 Å². The average molecular weight is 352 g/mol. The molecule has 0 saturated carbocycles. The second-order valence-corrected chi connectivity index (χ2v) is 6.64. The number of non-ortho nitro benzene ring substituents is 1. The number of hydrogen-bond acceptors (Lipinski definition) is 7. The van der Waals surface area contributed by atoms with E-state index in [1.807, 2.05) is 0 Å². The molecule has 0 bridgehead atoms. The highest BCUT2D eigenvalue weighted by Gasteiger charge is 2.29. The molecule has 2 rings (SSSR count). The Morgan fingerprint density at radius 1 is 1.08 bits per heavy atom. The summed E-state index contributed by atoms with van der Waals surface area (Å²) in [5, 5.41) is 22.1. The number of piperazine rings is 1. The van der Waals surface area contributed by atoms with E-state index in [1.54, 1.807) is 25.7 Å². The Kier molecular flexibility index (Phi) is 5.10. The molecule has 1 amide bonds. The first-order valence-electron chi connectivity index (χ1n) is 7.74. The molecular formula is C15H20N4O6. The van der Waals surface area contributed by atoms with Crippen LogP contribution < -0.4 is 4.90 Å². The van der Waals surface area contributed by atoms with Crippen molar-refractivity contribution < 1.29 is 19.4 Å². The lowest BCUT2D eigenvalue weighted by molar-refractivity contribution is -0.388. The fraction of sp³-hybridized carbons (Fsp3) is 0.533. The third kappa shape index (κ3) is 4.55. The molecule has 1 heterocycles. The molecule has 0 N–H and O–H groups in total. The highest BCUT2D eigenvalue weighted by molar-refractivity contribution is 5.70. The highest BCUT2D eigenvalue weighted by atomic mass is 16.6. The number of nitro groups is 2. The summed E-state index contributed by atoms with van der Waals surface area (Å²) in [4.78, 5) is 36.2. The molecule has 25 heavy (non-hydrogen) atoms. The van der Waals surface area contributed by atoms with Crippen molar-refractivity contribution in [3.8, 4) is 0 Å². The lowest BCUT2D eigenvalue weighted by Crippen LogP contribution is -2.50. The van der Waals surface area contributed by atoms with Crippen LogP contribution >= 0.6 is 0 Å². The monoisotopic (exact) mass is 352 g/mol. The zero-order valence-electron chi connectivity index (χ0n) is 14.3. The van der Waals surface area contributed by atoms with Gasteiger partial charge in [-0.3, -0.25) is 20.2 Å². The number of hydrogen-bond donors (Lipinski definition) is 0. The summed E-state index contributed by atoms with van der Waals surface area (Å²) in [5.41, 5.74) is -0.831.